The first-order chi connectivity index (χ1) is 3.66. The fourth-order valence-electron chi connectivity index (χ4n) is 0.302. The fourth-order valence-corrected chi connectivity index (χ4v) is 1.36. The Labute approximate surface area is 60.3 Å². The molecule has 0 saturated heterocycles. The fraction of sp³-hybridized carbons (Fsp3) is 0.667. The first-order valence-electron chi connectivity index (χ1n) is 2.68. The zero-order valence-corrected chi connectivity index (χ0v) is 6.85. The minimum Gasteiger partial charge on any atom is -0.112 e. The smallest absolute Gasteiger partial charge is 0.0665 e. The molecule has 1 atom stereocenters. The van der Waals surface area contributed by atoms with Gasteiger partial charge in [-0.3, -0.25) is 0 Å². The largest absolute Gasteiger partial charge is 0.112 e. The van der Waals surface area contributed by atoms with Gasteiger partial charge in [0.25, 0.3) is 0 Å². The molecular weight excluding hydrogens is 140 g/mol. The lowest BCUT2D eigenvalue weighted by Crippen LogP contribution is -1.89. The van der Waals surface area contributed by atoms with Crippen molar-refractivity contribution in [2.45, 2.75) is 25.5 Å². The average Bonchev–Trinajstić information content (AvgIpc) is 1.65. The van der Waals surface area contributed by atoms with Crippen LogP contribution < -0.4 is 0 Å². The Morgan fingerprint density at radius 3 is 2.50 bits per heavy atom. The van der Waals surface area contributed by atoms with Crippen molar-refractivity contribution in [3.05, 3.63) is 10.9 Å². The van der Waals surface area contributed by atoms with Crippen molar-refractivity contribution in [2.24, 2.45) is 0 Å². The molecule has 8 heavy (non-hydrogen) atoms. The second-order valence-corrected chi connectivity index (χ2v) is 3.91. The van der Waals surface area contributed by atoms with Crippen LogP contribution in [0.3, 0.4) is 0 Å². The van der Waals surface area contributed by atoms with Crippen molar-refractivity contribution in [1.82, 2.24) is 0 Å². The number of hydrogen-bond acceptors (Lipinski definition) is 1. The van der Waals surface area contributed by atoms with Crippen LogP contribution >= 0.6 is 23.4 Å². The van der Waals surface area contributed by atoms with Crippen LogP contribution in [0, 0.1) is 0 Å². The monoisotopic (exact) mass is 150 g/mol. The van der Waals surface area contributed by atoms with E-state index in [1.54, 1.807) is 11.8 Å². The molecule has 48 valence electrons. The number of hydrogen-bond donors (Lipinski definition) is 0. The van der Waals surface area contributed by atoms with Gasteiger partial charge in [-0.05, 0) is 6.42 Å². The molecule has 2 heteroatoms. The maximum absolute atomic E-state index is 5.52. The summed E-state index contributed by atoms with van der Waals surface area (Å²) in [5, 5.41) is 0.611. The molecule has 0 saturated carbocycles. The van der Waals surface area contributed by atoms with Gasteiger partial charge in [-0.1, -0.05) is 32.0 Å². The van der Waals surface area contributed by atoms with Gasteiger partial charge < -0.3 is 0 Å². The minimum absolute atomic E-state index is 0.611. The maximum atomic E-state index is 5.52. The molecule has 0 aromatic heterocycles. The van der Waals surface area contributed by atoms with E-state index < -0.39 is 0 Å². The first-order valence-corrected chi connectivity index (χ1v) is 3.93. The Kier molecular flexibility index (Phi) is 4.48. The van der Waals surface area contributed by atoms with Crippen LogP contribution in [-0.4, -0.2) is 5.25 Å². The van der Waals surface area contributed by atoms with E-state index in [0.29, 0.717) is 9.61 Å². The quantitative estimate of drug-likeness (QED) is 0.596. The molecule has 0 aromatic carbocycles. The Morgan fingerprint density at radius 1 is 1.88 bits per heavy atom. The van der Waals surface area contributed by atoms with Gasteiger partial charge in [0.05, 0.1) is 4.36 Å². The zero-order chi connectivity index (χ0) is 6.57. The normalized spacial score (nSPS) is 13.4. The summed E-state index contributed by atoms with van der Waals surface area (Å²) < 4.78 is 0.694. The number of rotatable bonds is 3. The highest BCUT2D eigenvalue weighted by Gasteiger charge is 1.97. The first kappa shape index (κ1) is 8.38. The highest BCUT2D eigenvalue weighted by molar-refractivity contribution is 8.05. The summed E-state index contributed by atoms with van der Waals surface area (Å²) in [7, 11) is 0. The average molecular weight is 151 g/mol. The van der Waals surface area contributed by atoms with E-state index in [4.69, 9.17) is 11.6 Å². The molecule has 0 fully saturated rings. The molecule has 1 unspecified atom stereocenters. The summed E-state index contributed by atoms with van der Waals surface area (Å²) in [5.41, 5.74) is 0. The highest BCUT2D eigenvalue weighted by Crippen LogP contribution is 2.24. The molecule has 0 bridgehead atoms. The summed E-state index contributed by atoms with van der Waals surface area (Å²) in [5.74, 6) is 0. The van der Waals surface area contributed by atoms with E-state index in [1.165, 1.54) is 0 Å². The van der Waals surface area contributed by atoms with Gasteiger partial charge in [-0.2, -0.15) is 0 Å². The molecule has 0 nitrogen and oxygen atoms in total. The van der Waals surface area contributed by atoms with Crippen molar-refractivity contribution in [3.8, 4) is 0 Å². The maximum Gasteiger partial charge on any atom is 0.0665 e. The number of thioether (sulfide) groups is 1. The third-order valence-corrected chi connectivity index (χ3v) is 2.16. The lowest BCUT2D eigenvalue weighted by Gasteiger charge is -2.03. The topological polar surface area (TPSA) is 0 Å². The van der Waals surface area contributed by atoms with Crippen LogP contribution in [0.4, 0.5) is 0 Å². The highest BCUT2D eigenvalue weighted by atomic mass is 35.5. The van der Waals surface area contributed by atoms with Gasteiger partial charge in [-0.15, -0.1) is 11.8 Å². The summed E-state index contributed by atoms with van der Waals surface area (Å²) in [4.78, 5) is 0. The third kappa shape index (κ3) is 4.54. The molecule has 0 aliphatic rings. The Bertz CT molecular complexity index is 80.6. The molecule has 0 amide bonds. The second kappa shape index (κ2) is 4.28. The van der Waals surface area contributed by atoms with Gasteiger partial charge in [0.2, 0.25) is 0 Å². The van der Waals surface area contributed by atoms with Crippen molar-refractivity contribution in [1.29, 1.82) is 0 Å². The molecular formula is C6H11ClS. The third-order valence-electron chi connectivity index (χ3n) is 0.904. The molecule has 0 heterocycles. The minimum atomic E-state index is 0.611. The van der Waals surface area contributed by atoms with Crippen LogP contribution in [0.1, 0.15) is 20.3 Å². The lowest BCUT2D eigenvalue weighted by molar-refractivity contribution is 0.910. The van der Waals surface area contributed by atoms with E-state index in [0.717, 1.165) is 6.42 Å². The number of halogens is 1. The van der Waals surface area contributed by atoms with E-state index >= 15 is 0 Å². The van der Waals surface area contributed by atoms with Crippen molar-refractivity contribution < 1.29 is 0 Å². The van der Waals surface area contributed by atoms with Crippen molar-refractivity contribution in [3.63, 3.8) is 0 Å². The van der Waals surface area contributed by atoms with E-state index in [9.17, 15) is 0 Å². The molecule has 0 aliphatic heterocycles. The summed E-state index contributed by atoms with van der Waals surface area (Å²) in [6.07, 6.45) is 1.15. The molecule has 0 radical (unpaired) electrons. The van der Waals surface area contributed by atoms with Gasteiger partial charge in [0, 0.05) is 5.25 Å². The van der Waals surface area contributed by atoms with Gasteiger partial charge in [0.15, 0.2) is 0 Å². The summed E-state index contributed by atoms with van der Waals surface area (Å²) in [6.45, 7) is 7.84. The Balaban J connectivity index is 3.24. The van der Waals surface area contributed by atoms with Gasteiger partial charge in [0.1, 0.15) is 0 Å². The van der Waals surface area contributed by atoms with Crippen molar-refractivity contribution in [2.75, 3.05) is 0 Å². The molecule has 0 rings (SSSR count). The lowest BCUT2D eigenvalue weighted by atomic mass is 10.4. The molecule has 0 N–H and O–H groups in total. The predicted octanol–water partition coefficient (Wildman–Crippen LogP) is 3.23. The molecule has 0 aromatic rings. The van der Waals surface area contributed by atoms with Crippen LogP contribution in [-0.2, 0) is 0 Å². The zero-order valence-electron chi connectivity index (χ0n) is 5.28. The van der Waals surface area contributed by atoms with Gasteiger partial charge in [-0.25, -0.2) is 0 Å². The van der Waals surface area contributed by atoms with Crippen LogP contribution in [0.25, 0.3) is 0 Å². The second-order valence-electron chi connectivity index (χ2n) is 1.69. The van der Waals surface area contributed by atoms with Crippen LogP contribution in [0.5, 0.6) is 0 Å². The summed E-state index contributed by atoms with van der Waals surface area (Å²) >= 11 is 7.15. The summed E-state index contributed by atoms with van der Waals surface area (Å²) in [6, 6.07) is 0. The van der Waals surface area contributed by atoms with Crippen LogP contribution in [0.2, 0.25) is 0 Å². The Hall–Kier alpha value is 0.380. The van der Waals surface area contributed by atoms with E-state index in [-0.39, 0.29) is 0 Å². The SMILES string of the molecule is C=C(Cl)SC(C)CC. The van der Waals surface area contributed by atoms with Crippen molar-refractivity contribution >= 4 is 23.4 Å². The van der Waals surface area contributed by atoms with Gasteiger partial charge >= 0.3 is 0 Å². The molecule has 0 aliphatic carbocycles. The standard InChI is InChI=1S/C6H11ClS/c1-4-5(2)8-6(3)7/h5H,3-4H2,1-2H3. The van der Waals surface area contributed by atoms with Crippen LogP contribution in [0.15, 0.2) is 10.9 Å². The Morgan fingerprint density at radius 2 is 2.38 bits per heavy atom. The van der Waals surface area contributed by atoms with E-state index in [2.05, 4.69) is 20.4 Å². The van der Waals surface area contributed by atoms with E-state index in [1.807, 2.05) is 0 Å². The molecule has 0 spiro atoms. The predicted molar refractivity (Wildman–Crippen MR) is 42.3 cm³/mol.